The maximum absolute atomic E-state index is 11.4. The summed E-state index contributed by atoms with van der Waals surface area (Å²) in [7, 11) is -3.73. The van der Waals surface area contributed by atoms with Crippen LogP contribution in [0, 0.1) is 3.57 Å². The first-order chi connectivity index (χ1) is 8.97. The van der Waals surface area contributed by atoms with Crippen LogP contribution in [0.4, 0.5) is 0 Å². The van der Waals surface area contributed by atoms with E-state index in [1.54, 1.807) is 18.2 Å². The zero-order valence-electron chi connectivity index (χ0n) is 9.91. The lowest BCUT2D eigenvalue weighted by molar-refractivity contribution is 0.303. The van der Waals surface area contributed by atoms with Gasteiger partial charge in [0.2, 0.25) is 10.0 Å². The predicted molar refractivity (Wildman–Crippen MR) is 81.3 cm³/mol. The van der Waals surface area contributed by atoms with Gasteiger partial charge in [0.25, 0.3) is 0 Å². The van der Waals surface area contributed by atoms with Gasteiger partial charge in [-0.2, -0.15) is 0 Å². The summed E-state index contributed by atoms with van der Waals surface area (Å²) in [6.07, 6.45) is 0. The van der Waals surface area contributed by atoms with Gasteiger partial charge in [0.05, 0.1) is 4.90 Å². The summed E-state index contributed by atoms with van der Waals surface area (Å²) in [5.41, 5.74) is 0.545. The molecular formula is C13H12INO3S. The monoisotopic (exact) mass is 389 g/mol. The molecule has 2 aromatic rings. The minimum Gasteiger partial charge on any atom is -0.489 e. The van der Waals surface area contributed by atoms with Crippen LogP contribution in [0.3, 0.4) is 0 Å². The summed E-state index contributed by atoms with van der Waals surface area (Å²) in [6.45, 7) is 0.160. The van der Waals surface area contributed by atoms with Crippen molar-refractivity contribution in [1.29, 1.82) is 0 Å². The molecule has 0 unspecified atom stereocenters. The molecule has 0 radical (unpaired) electrons. The molecule has 19 heavy (non-hydrogen) atoms. The van der Waals surface area contributed by atoms with Crippen LogP contribution < -0.4 is 9.88 Å². The third-order valence-electron chi connectivity index (χ3n) is 2.49. The molecule has 6 heteroatoms. The Morgan fingerprint density at radius 2 is 1.68 bits per heavy atom. The molecule has 0 aromatic heterocycles. The van der Waals surface area contributed by atoms with E-state index in [-0.39, 0.29) is 11.5 Å². The second-order valence-corrected chi connectivity index (χ2v) is 6.67. The summed E-state index contributed by atoms with van der Waals surface area (Å²) in [5, 5.41) is 5.16. The fourth-order valence-corrected chi connectivity index (χ4v) is 2.71. The Kier molecular flexibility index (Phi) is 4.43. The maximum atomic E-state index is 11.4. The van der Waals surface area contributed by atoms with Gasteiger partial charge in [0.15, 0.2) is 0 Å². The van der Waals surface area contributed by atoms with Gasteiger partial charge >= 0.3 is 0 Å². The van der Waals surface area contributed by atoms with E-state index in [4.69, 9.17) is 9.88 Å². The van der Waals surface area contributed by atoms with E-state index in [1.165, 1.54) is 6.07 Å². The van der Waals surface area contributed by atoms with Gasteiger partial charge in [-0.1, -0.05) is 18.2 Å². The van der Waals surface area contributed by atoms with Crippen molar-refractivity contribution in [1.82, 2.24) is 0 Å². The van der Waals surface area contributed by atoms with Crippen molar-refractivity contribution in [2.75, 3.05) is 0 Å². The van der Waals surface area contributed by atoms with E-state index in [0.29, 0.717) is 11.3 Å². The van der Waals surface area contributed by atoms with E-state index < -0.39 is 10.0 Å². The molecule has 2 aromatic carbocycles. The topological polar surface area (TPSA) is 69.4 Å². The second kappa shape index (κ2) is 5.89. The number of benzene rings is 2. The molecular weight excluding hydrogens is 377 g/mol. The van der Waals surface area contributed by atoms with Gasteiger partial charge in [-0.25, -0.2) is 13.6 Å². The van der Waals surface area contributed by atoms with Crippen molar-refractivity contribution < 1.29 is 13.2 Å². The first kappa shape index (κ1) is 14.3. The number of hydrogen-bond donors (Lipinski definition) is 1. The van der Waals surface area contributed by atoms with Crippen molar-refractivity contribution in [2.24, 2.45) is 5.14 Å². The Hall–Kier alpha value is -1.12. The average molecular weight is 389 g/mol. The number of halogens is 1. The van der Waals surface area contributed by atoms with Crippen LogP contribution in [-0.4, -0.2) is 8.42 Å². The Labute approximate surface area is 125 Å². The molecule has 0 fully saturated rings. The first-order valence-electron chi connectivity index (χ1n) is 5.46. The van der Waals surface area contributed by atoms with Gasteiger partial charge in [-0.3, -0.25) is 0 Å². The molecule has 0 saturated heterocycles. The van der Waals surface area contributed by atoms with E-state index in [0.717, 1.165) is 3.57 Å². The quantitative estimate of drug-likeness (QED) is 0.818. The molecule has 0 aliphatic rings. The Bertz CT molecular complexity index is 669. The van der Waals surface area contributed by atoms with E-state index >= 15 is 0 Å². The van der Waals surface area contributed by atoms with Crippen LogP contribution >= 0.6 is 22.6 Å². The van der Waals surface area contributed by atoms with Crippen molar-refractivity contribution >= 4 is 32.6 Å². The molecule has 2 N–H and O–H groups in total. The zero-order valence-corrected chi connectivity index (χ0v) is 12.9. The van der Waals surface area contributed by atoms with Crippen LogP contribution in [-0.2, 0) is 16.6 Å². The smallest absolute Gasteiger partial charge is 0.238 e. The summed E-state index contributed by atoms with van der Waals surface area (Å²) < 4.78 is 29.5. The van der Waals surface area contributed by atoms with Crippen molar-refractivity contribution in [3.8, 4) is 5.75 Å². The zero-order chi connectivity index (χ0) is 13.9. The maximum Gasteiger partial charge on any atom is 0.238 e. The summed E-state index contributed by atoms with van der Waals surface area (Å²) >= 11 is 2.20. The summed E-state index contributed by atoms with van der Waals surface area (Å²) in [5.74, 6) is 0.685. The highest BCUT2D eigenvalue weighted by Crippen LogP contribution is 2.18. The lowest BCUT2D eigenvalue weighted by atomic mass is 10.2. The normalized spacial score (nSPS) is 11.3. The van der Waals surface area contributed by atoms with Crippen molar-refractivity contribution in [3.05, 3.63) is 57.7 Å². The molecule has 2 rings (SSSR count). The molecule has 0 spiro atoms. The van der Waals surface area contributed by atoms with Gasteiger partial charge in [-0.05, 0) is 52.9 Å². The molecule has 0 amide bonds. The van der Waals surface area contributed by atoms with Crippen LogP contribution in [0.25, 0.3) is 0 Å². The molecule has 0 aliphatic heterocycles. The molecule has 0 bridgehead atoms. The SMILES string of the molecule is NS(=O)(=O)c1ccccc1COc1ccc(I)cc1. The minimum atomic E-state index is -3.73. The number of sulfonamides is 1. The summed E-state index contributed by atoms with van der Waals surface area (Å²) in [4.78, 5) is 0.0977. The average Bonchev–Trinajstić information content (AvgIpc) is 2.37. The van der Waals surface area contributed by atoms with Crippen molar-refractivity contribution in [3.63, 3.8) is 0 Å². The van der Waals surface area contributed by atoms with Crippen LogP contribution in [0.2, 0.25) is 0 Å². The number of primary sulfonamides is 1. The number of ether oxygens (including phenoxy) is 1. The van der Waals surface area contributed by atoms with E-state index in [9.17, 15) is 8.42 Å². The highest BCUT2D eigenvalue weighted by Gasteiger charge is 2.13. The highest BCUT2D eigenvalue weighted by molar-refractivity contribution is 14.1. The fraction of sp³-hybridized carbons (Fsp3) is 0.0769. The van der Waals surface area contributed by atoms with Gasteiger partial charge in [0, 0.05) is 9.13 Å². The highest BCUT2D eigenvalue weighted by atomic mass is 127. The van der Waals surface area contributed by atoms with Gasteiger partial charge < -0.3 is 4.74 Å². The lowest BCUT2D eigenvalue weighted by Gasteiger charge is -2.09. The lowest BCUT2D eigenvalue weighted by Crippen LogP contribution is -2.15. The molecule has 0 atom stereocenters. The molecule has 0 saturated carbocycles. The second-order valence-electron chi connectivity index (χ2n) is 3.90. The Balaban J connectivity index is 2.18. The Morgan fingerprint density at radius 3 is 2.32 bits per heavy atom. The molecule has 0 aliphatic carbocycles. The standard InChI is InChI=1S/C13H12INO3S/c14-11-5-7-12(8-6-11)18-9-10-3-1-2-4-13(10)19(15,16)17/h1-8H,9H2,(H2,15,16,17). The van der Waals surface area contributed by atoms with E-state index in [2.05, 4.69) is 22.6 Å². The molecule has 100 valence electrons. The van der Waals surface area contributed by atoms with Crippen LogP contribution in [0.15, 0.2) is 53.4 Å². The van der Waals surface area contributed by atoms with Crippen LogP contribution in [0.1, 0.15) is 5.56 Å². The largest absolute Gasteiger partial charge is 0.489 e. The third-order valence-corrected chi connectivity index (χ3v) is 4.22. The van der Waals surface area contributed by atoms with Crippen LogP contribution in [0.5, 0.6) is 5.75 Å². The fourth-order valence-electron chi connectivity index (χ4n) is 1.59. The third kappa shape index (κ3) is 3.92. The van der Waals surface area contributed by atoms with Gasteiger partial charge in [-0.15, -0.1) is 0 Å². The molecule has 0 heterocycles. The van der Waals surface area contributed by atoms with Crippen molar-refractivity contribution in [2.45, 2.75) is 11.5 Å². The van der Waals surface area contributed by atoms with E-state index in [1.807, 2.05) is 24.3 Å². The Morgan fingerprint density at radius 1 is 1.05 bits per heavy atom. The number of hydrogen-bond acceptors (Lipinski definition) is 3. The molecule has 4 nitrogen and oxygen atoms in total. The number of rotatable bonds is 4. The minimum absolute atomic E-state index is 0.0977. The first-order valence-corrected chi connectivity index (χ1v) is 8.08. The van der Waals surface area contributed by atoms with Gasteiger partial charge in [0.1, 0.15) is 12.4 Å². The summed E-state index contributed by atoms with van der Waals surface area (Å²) in [6, 6.07) is 14.1. The predicted octanol–water partition coefficient (Wildman–Crippen LogP) is 2.52. The number of nitrogens with two attached hydrogens (primary N) is 1.